The van der Waals surface area contributed by atoms with E-state index in [0.717, 1.165) is 36.1 Å². The predicted molar refractivity (Wildman–Crippen MR) is 124 cm³/mol. The lowest BCUT2D eigenvalue weighted by Crippen LogP contribution is -2.42. The second-order valence-electron chi connectivity index (χ2n) is 8.89. The van der Waals surface area contributed by atoms with Crippen LogP contribution in [0.1, 0.15) is 54.6 Å². The van der Waals surface area contributed by atoms with Gasteiger partial charge in [0.25, 0.3) is 5.91 Å². The molecule has 0 radical (unpaired) electrons. The highest BCUT2D eigenvalue weighted by Crippen LogP contribution is 2.38. The molecule has 3 atom stereocenters. The van der Waals surface area contributed by atoms with Crippen molar-refractivity contribution in [1.29, 1.82) is 0 Å². The number of likely N-dealkylation sites (N-methyl/N-ethyl adjacent to an activating group) is 1. The van der Waals surface area contributed by atoms with Gasteiger partial charge in [0.15, 0.2) is 0 Å². The first-order chi connectivity index (χ1) is 15.9. The van der Waals surface area contributed by atoms with Gasteiger partial charge >= 0.3 is 0 Å². The summed E-state index contributed by atoms with van der Waals surface area (Å²) >= 11 is 0. The summed E-state index contributed by atoms with van der Waals surface area (Å²) in [5.41, 5.74) is 2.02. The summed E-state index contributed by atoms with van der Waals surface area (Å²) in [6, 6.07) is 16.0. The minimum atomic E-state index is -0.304. The van der Waals surface area contributed by atoms with Crippen LogP contribution in [0.2, 0.25) is 0 Å². The molecule has 2 fully saturated rings. The van der Waals surface area contributed by atoms with Crippen molar-refractivity contribution < 1.29 is 19.2 Å². The number of imide groups is 1. The fourth-order valence-electron chi connectivity index (χ4n) is 4.74. The molecule has 33 heavy (non-hydrogen) atoms. The Morgan fingerprint density at radius 3 is 2.27 bits per heavy atom. The molecule has 1 heterocycles. The largest absolute Gasteiger partial charge is 0.337 e. The molecular weight excluding hydrogens is 418 g/mol. The summed E-state index contributed by atoms with van der Waals surface area (Å²) in [6.07, 6.45) is 3.37. The Bertz CT molecular complexity index is 1040. The third-order valence-corrected chi connectivity index (χ3v) is 6.86. The Morgan fingerprint density at radius 2 is 1.64 bits per heavy atom. The molecule has 0 aromatic heterocycles. The maximum Gasteiger partial charge on any atom is 0.255 e. The number of hydrogen-bond acceptors (Lipinski definition) is 4. The van der Waals surface area contributed by atoms with Gasteiger partial charge in [-0.1, -0.05) is 43.2 Å². The Balaban J connectivity index is 1.41. The number of nitrogens with one attached hydrogen (secondary N) is 1. The third-order valence-electron chi connectivity index (χ3n) is 6.86. The van der Waals surface area contributed by atoms with E-state index in [9.17, 15) is 19.2 Å². The number of carbonyl (C=O) groups is 4. The van der Waals surface area contributed by atoms with E-state index >= 15 is 0 Å². The van der Waals surface area contributed by atoms with Crippen molar-refractivity contribution in [3.8, 4) is 0 Å². The fourth-order valence-corrected chi connectivity index (χ4v) is 4.74. The van der Waals surface area contributed by atoms with E-state index in [4.69, 9.17) is 0 Å². The average molecular weight is 448 g/mol. The molecule has 172 valence electrons. The SMILES string of the molecule is CC(c1cccc(NC(=O)c2ccccc2)c1)N(C)C(=O)CN1C(=O)C2CCCCC2C1=O. The summed E-state index contributed by atoms with van der Waals surface area (Å²) in [5, 5.41) is 2.88. The van der Waals surface area contributed by atoms with Crippen LogP contribution in [0.3, 0.4) is 0 Å². The van der Waals surface area contributed by atoms with Crippen molar-refractivity contribution in [3.05, 3.63) is 65.7 Å². The summed E-state index contributed by atoms with van der Waals surface area (Å²) in [5.74, 6) is -1.42. The van der Waals surface area contributed by atoms with Crippen molar-refractivity contribution >= 4 is 29.3 Å². The molecule has 0 spiro atoms. The quantitative estimate of drug-likeness (QED) is 0.685. The topological polar surface area (TPSA) is 86.8 Å². The van der Waals surface area contributed by atoms with E-state index in [1.165, 1.54) is 0 Å². The number of hydrogen-bond donors (Lipinski definition) is 1. The van der Waals surface area contributed by atoms with Crippen LogP contribution in [0.5, 0.6) is 0 Å². The van der Waals surface area contributed by atoms with Crippen LogP contribution in [0.4, 0.5) is 5.69 Å². The normalized spacial score (nSPS) is 20.8. The molecule has 1 N–H and O–H groups in total. The highest BCUT2D eigenvalue weighted by Gasteiger charge is 2.48. The van der Waals surface area contributed by atoms with Gasteiger partial charge in [-0.05, 0) is 49.6 Å². The van der Waals surface area contributed by atoms with Gasteiger partial charge in [-0.3, -0.25) is 24.1 Å². The van der Waals surface area contributed by atoms with Crippen molar-refractivity contribution in [1.82, 2.24) is 9.80 Å². The Morgan fingerprint density at radius 1 is 1.00 bits per heavy atom. The van der Waals surface area contributed by atoms with E-state index in [0.29, 0.717) is 11.3 Å². The van der Waals surface area contributed by atoms with Crippen LogP contribution in [-0.4, -0.2) is 47.0 Å². The lowest BCUT2D eigenvalue weighted by atomic mass is 9.81. The molecule has 4 rings (SSSR count). The Kier molecular flexibility index (Phi) is 6.58. The van der Waals surface area contributed by atoms with Gasteiger partial charge in [0.2, 0.25) is 17.7 Å². The van der Waals surface area contributed by atoms with Gasteiger partial charge in [0.1, 0.15) is 6.54 Å². The molecule has 1 aliphatic carbocycles. The van der Waals surface area contributed by atoms with E-state index in [2.05, 4.69) is 5.32 Å². The predicted octanol–water partition coefficient (Wildman–Crippen LogP) is 3.63. The lowest BCUT2D eigenvalue weighted by molar-refractivity contribution is -0.146. The molecule has 1 saturated carbocycles. The smallest absolute Gasteiger partial charge is 0.255 e. The molecule has 1 aliphatic heterocycles. The first kappa shape index (κ1) is 22.7. The number of carbonyl (C=O) groups excluding carboxylic acids is 4. The summed E-state index contributed by atoms with van der Waals surface area (Å²) in [6.45, 7) is 1.65. The molecule has 7 heteroatoms. The number of likely N-dealkylation sites (tertiary alicyclic amines) is 1. The molecule has 1 saturated heterocycles. The van der Waals surface area contributed by atoms with Crippen molar-refractivity contribution in [2.45, 2.75) is 38.6 Å². The van der Waals surface area contributed by atoms with E-state index in [1.54, 1.807) is 42.3 Å². The standard InChI is InChI=1S/C26H29N3O4/c1-17(19-11-8-12-20(15-19)27-24(31)18-9-4-3-5-10-18)28(2)23(30)16-29-25(32)21-13-6-7-14-22(21)26(29)33/h3-5,8-12,15,17,21-22H,6-7,13-14,16H2,1-2H3,(H,27,31). The van der Waals surface area contributed by atoms with Gasteiger partial charge in [-0.15, -0.1) is 0 Å². The first-order valence-electron chi connectivity index (χ1n) is 11.4. The van der Waals surface area contributed by atoms with Gasteiger partial charge in [0, 0.05) is 18.3 Å². The summed E-state index contributed by atoms with van der Waals surface area (Å²) < 4.78 is 0. The van der Waals surface area contributed by atoms with Crippen molar-refractivity contribution in [3.63, 3.8) is 0 Å². The second kappa shape index (κ2) is 9.57. The lowest BCUT2D eigenvalue weighted by Gasteiger charge is -2.27. The number of benzene rings is 2. The van der Waals surface area contributed by atoms with Gasteiger partial charge in [-0.25, -0.2) is 0 Å². The zero-order chi connectivity index (χ0) is 23.5. The Labute approximate surface area is 193 Å². The zero-order valence-corrected chi connectivity index (χ0v) is 19.0. The molecule has 2 aromatic carbocycles. The minimum Gasteiger partial charge on any atom is -0.337 e. The average Bonchev–Trinajstić information content (AvgIpc) is 3.08. The van der Waals surface area contributed by atoms with Gasteiger partial charge in [-0.2, -0.15) is 0 Å². The van der Waals surface area contributed by atoms with Crippen LogP contribution in [0.15, 0.2) is 54.6 Å². The van der Waals surface area contributed by atoms with Crippen LogP contribution < -0.4 is 5.32 Å². The van der Waals surface area contributed by atoms with Crippen molar-refractivity contribution in [2.24, 2.45) is 11.8 Å². The van der Waals surface area contributed by atoms with E-state index < -0.39 is 0 Å². The van der Waals surface area contributed by atoms with Gasteiger partial charge < -0.3 is 10.2 Å². The summed E-state index contributed by atoms with van der Waals surface area (Å²) in [7, 11) is 1.67. The molecule has 2 aliphatic rings. The molecule has 4 amide bonds. The number of amides is 4. The number of nitrogens with zero attached hydrogens (tertiary/aromatic N) is 2. The highest BCUT2D eigenvalue weighted by molar-refractivity contribution is 6.07. The molecule has 3 unspecified atom stereocenters. The molecular formula is C26H29N3O4. The van der Waals surface area contributed by atoms with Crippen molar-refractivity contribution in [2.75, 3.05) is 18.9 Å². The van der Waals surface area contributed by atoms with Crippen LogP contribution in [-0.2, 0) is 14.4 Å². The number of fused-ring (bicyclic) bond motifs is 1. The molecule has 7 nitrogen and oxygen atoms in total. The third kappa shape index (κ3) is 4.67. The number of rotatable bonds is 6. The molecule has 2 aromatic rings. The van der Waals surface area contributed by atoms with Crippen LogP contribution in [0.25, 0.3) is 0 Å². The van der Waals surface area contributed by atoms with Crippen LogP contribution >= 0.6 is 0 Å². The maximum atomic E-state index is 13.0. The highest BCUT2D eigenvalue weighted by atomic mass is 16.2. The van der Waals surface area contributed by atoms with E-state index in [-0.39, 0.29) is 48.1 Å². The minimum absolute atomic E-state index is 0.204. The van der Waals surface area contributed by atoms with E-state index in [1.807, 2.05) is 31.2 Å². The first-order valence-corrected chi connectivity index (χ1v) is 11.4. The van der Waals surface area contributed by atoms with Crippen LogP contribution in [0, 0.1) is 11.8 Å². The molecule has 0 bridgehead atoms. The maximum absolute atomic E-state index is 13.0. The van der Waals surface area contributed by atoms with Gasteiger partial charge in [0.05, 0.1) is 17.9 Å². The fraction of sp³-hybridized carbons (Fsp3) is 0.385. The zero-order valence-electron chi connectivity index (χ0n) is 19.0. The summed E-state index contributed by atoms with van der Waals surface area (Å²) in [4.78, 5) is 53.5. The monoisotopic (exact) mass is 447 g/mol. The second-order valence-corrected chi connectivity index (χ2v) is 8.89. The number of anilines is 1. The Hall–Kier alpha value is -3.48.